The van der Waals surface area contributed by atoms with Crippen LogP contribution in [-0.2, 0) is 6.54 Å². The second-order valence-electron chi connectivity index (χ2n) is 2.46. The molecule has 0 fully saturated rings. The third-order valence-corrected chi connectivity index (χ3v) is 1.46. The maximum Gasteiger partial charge on any atom is 0.0381 e. The van der Waals surface area contributed by atoms with Crippen LogP contribution in [0.5, 0.6) is 0 Å². The van der Waals surface area contributed by atoms with Crippen molar-refractivity contribution in [2.45, 2.75) is 13.5 Å². The lowest BCUT2D eigenvalue weighted by atomic mass is 10.1. The topological polar surface area (TPSA) is 14.1 Å². The predicted molar refractivity (Wildman–Crippen MR) is 42.9 cm³/mol. The average molecular weight is 134 g/mol. The van der Waals surface area contributed by atoms with Crippen molar-refractivity contribution in [3.8, 4) is 0 Å². The zero-order valence-electron chi connectivity index (χ0n) is 6.46. The van der Waals surface area contributed by atoms with Crippen molar-refractivity contribution < 1.29 is 0 Å². The third-order valence-electron chi connectivity index (χ3n) is 1.46. The highest BCUT2D eigenvalue weighted by molar-refractivity contribution is 5.20. The molecule has 0 amide bonds. The van der Waals surface area contributed by atoms with E-state index in [-0.39, 0.29) is 0 Å². The molecule has 0 unspecified atom stereocenters. The highest BCUT2D eigenvalue weighted by Crippen LogP contribution is 2.01. The Labute approximate surface area is 62.1 Å². The fourth-order valence-electron chi connectivity index (χ4n) is 0.876. The highest BCUT2D eigenvalue weighted by Gasteiger charge is 1.88. The molecule has 10 heavy (non-hydrogen) atoms. The summed E-state index contributed by atoms with van der Waals surface area (Å²) in [7, 11) is 1.83. The molecule has 1 heteroatoms. The summed E-state index contributed by atoms with van der Waals surface area (Å²) in [6, 6.07) is 8.45. The lowest BCUT2D eigenvalue weighted by Gasteiger charge is -1.97. The molecule has 0 heterocycles. The van der Waals surface area contributed by atoms with E-state index in [0.29, 0.717) is 0 Å². The molecular weight excluding hydrogens is 122 g/mol. The summed E-state index contributed by atoms with van der Waals surface area (Å²) in [6.07, 6.45) is 0. The van der Waals surface area contributed by atoms with Crippen molar-refractivity contribution in [2.24, 2.45) is 0 Å². The standard InChI is InChI=1S/C9H12N/c1-8-3-5-9(6-4-8)7-10-2/h3-6H,7H2,1-2H3. The van der Waals surface area contributed by atoms with Crippen LogP contribution in [0.4, 0.5) is 0 Å². The average Bonchev–Trinajstić information content (AvgIpc) is 1.95. The van der Waals surface area contributed by atoms with E-state index < -0.39 is 0 Å². The van der Waals surface area contributed by atoms with Gasteiger partial charge in [0.1, 0.15) is 0 Å². The summed E-state index contributed by atoms with van der Waals surface area (Å²) in [4.78, 5) is 0. The summed E-state index contributed by atoms with van der Waals surface area (Å²) >= 11 is 0. The van der Waals surface area contributed by atoms with Gasteiger partial charge in [-0.1, -0.05) is 29.8 Å². The first-order valence-corrected chi connectivity index (χ1v) is 3.44. The first-order valence-electron chi connectivity index (χ1n) is 3.44. The lowest BCUT2D eigenvalue weighted by Crippen LogP contribution is -1.95. The Morgan fingerprint density at radius 1 is 1.20 bits per heavy atom. The molecule has 0 aromatic heterocycles. The van der Waals surface area contributed by atoms with E-state index in [1.54, 1.807) is 0 Å². The molecule has 0 aliphatic heterocycles. The minimum absolute atomic E-state index is 0.834. The molecular formula is C9H12N. The number of aryl methyl sites for hydroxylation is 1. The SMILES string of the molecule is C[N]Cc1ccc(C)cc1. The van der Waals surface area contributed by atoms with E-state index in [1.165, 1.54) is 11.1 Å². The van der Waals surface area contributed by atoms with Crippen LogP contribution in [0, 0.1) is 6.92 Å². The summed E-state index contributed by atoms with van der Waals surface area (Å²) in [5, 5.41) is 4.04. The van der Waals surface area contributed by atoms with Gasteiger partial charge in [0.05, 0.1) is 0 Å². The fraction of sp³-hybridized carbons (Fsp3) is 0.333. The quantitative estimate of drug-likeness (QED) is 0.585. The van der Waals surface area contributed by atoms with Crippen LogP contribution < -0.4 is 5.32 Å². The van der Waals surface area contributed by atoms with Gasteiger partial charge >= 0.3 is 0 Å². The van der Waals surface area contributed by atoms with Gasteiger partial charge in [0.2, 0.25) is 0 Å². The largest absolute Gasteiger partial charge is 0.240 e. The Morgan fingerprint density at radius 3 is 2.30 bits per heavy atom. The summed E-state index contributed by atoms with van der Waals surface area (Å²) in [6.45, 7) is 2.92. The first kappa shape index (κ1) is 7.29. The van der Waals surface area contributed by atoms with Crippen LogP contribution in [0.25, 0.3) is 0 Å². The molecule has 53 valence electrons. The summed E-state index contributed by atoms with van der Waals surface area (Å²) in [5.74, 6) is 0. The maximum atomic E-state index is 4.04. The van der Waals surface area contributed by atoms with Gasteiger partial charge in [-0.25, -0.2) is 5.32 Å². The number of nitrogens with zero attached hydrogens (tertiary/aromatic N) is 1. The molecule has 0 N–H and O–H groups in total. The third kappa shape index (κ3) is 1.85. The number of rotatable bonds is 2. The fourth-order valence-corrected chi connectivity index (χ4v) is 0.876. The Balaban J connectivity index is 2.69. The van der Waals surface area contributed by atoms with Crippen LogP contribution in [0.3, 0.4) is 0 Å². The van der Waals surface area contributed by atoms with Crippen LogP contribution in [0.2, 0.25) is 0 Å². The van der Waals surface area contributed by atoms with E-state index in [2.05, 4.69) is 36.5 Å². The number of hydrogen-bond acceptors (Lipinski definition) is 0. The Bertz CT molecular complexity index is 188. The van der Waals surface area contributed by atoms with E-state index in [4.69, 9.17) is 0 Å². The van der Waals surface area contributed by atoms with Gasteiger partial charge in [-0.2, -0.15) is 0 Å². The molecule has 1 radical (unpaired) electrons. The predicted octanol–water partition coefficient (Wildman–Crippen LogP) is 1.73. The molecule has 1 rings (SSSR count). The molecule has 1 aromatic rings. The van der Waals surface area contributed by atoms with Crippen LogP contribution >= 0.6 is 0 Å². The van der Waals surface area contributed by atoms with Crippen LogP contribution in [-0.4, -0.2) is 7.05 Å². The van der Waals surface area contributed by atoms with Crippen molar-refractivity contribution in [1.82, 2.24) is 5.32 Å². The molecule has 0 atom stereocenters. The molecule has 0 aliphatic carbocycles. The van der Waals surface area contributed by atoms with Gasteiger partial charge in [0, 0.05) is 13.6 Å². The van der Waals surface area contributed by atoms with Gasteiger partial charge in [0.15, 0.2) is 0 Å². The normalized spacial score (nSPS) is 9.80. The molecule has 1 aromatic carbocycles. The van der Waals surface area contributed by atoms with E-state index >= 15 is 0 Å². The van der Waals surface area contributed by atoms with E-state index in [1.807, 2.05) is 7.05 Å². The first-order chi connectivity index (χ1) is 4.83. The zero-order chi connectivity index (χ0) is 7.40. The summed E-state index contributed by atoms with van der Waals surface area (Å²) in [5.41, 5.74) is 2.59. The van der Waals surface area contributed by atoms with Crippen molar-refractivity contribution in [3.63, 3.8) is 0 Å². The molecule has 0 spiro atoms. The van der Waals surface area contributed by atoms with Gasteiger partial charge in [-0.05, 0) is 12.5 Å². The van der Waals surface area contributed by atoms with Gasteiger partial charge in [-0.15, -0.1) is 0 Å². The lowest BCUT2D eigenvalue weighted by molar-refractivity contribution is 0.799. The zero-order valence-corrected chi connectivity index (χ0v) is 6.46. The van der Waals surface area contributed by atoms with Crippen molar-refractivity contribution in [2.75, 3.05) is 7.05 Å². The number of benzene rings is 1. The second kappa shape index (κ2) is 3.37. The molecule has 1 nitrogen and oxygen atoms in total. The minimum Gasteiger partial charge on any atom is -0.240 e. The molecule has 0 aliphatic rings. The van der Waals surface area contributed by atoms with Crippen LogP contribution in [0.15, 0.2) is 24.3 Å². The summed E-state index contributed by atoms with van der Waals surface area (Å²) < 4.78 is 0. The van der Waals surface area contributed by atoms with Gasteiger partial charge in [-0.3, -0.25) is 0 Å². The van der Waals surface area contributed by atoms with E-state index in [9.17, 15) is 0 Å². The van der Waals surface area contributed by atoms with E-state index in [0.717, 1.165) is 6.54 Å². The highest BCUT2D eigenvalue weighted by atomic mass is 14.8. The smallest absolute Gasteiger partial charge is 0.0381 e. The van der Waals surface area contributed by atoms with Crippen molar-refractivity contribution in [3.05, 3.63) is 35.4 Å². The Hall–Kier alpha value is -0.820. The van der Waals surface area contributed by atoms with Crippen molar-refractivity contribution in [1.29, 1.82) is 0 Å². The maximum absolute atomic E-state index is 4.04. The Kier molecular flexibility index (Phi) is 2.46. The Morgan fingerprint density at radius 2 is 1.80 bits per heavy atom. The van der Waals surface area contributed by atoms with Crippen molar-refractivity contribution >= 4 is 0 Å². The molecule has 0 bridgehead atoms. The van der Waals surface area contributed by atoms with Crippen LogP contribution in [0.1, 0.15) is 11.1 Å². The monoisotopic (exact) mass is 134 g/mol. The van der Waals surface area contributed by atoms with Gasteiger partial charge < -0.3 is 0 Å². The molecule has 0 saturated heterocycles. The molecule has 0 saturated carbocycles. The second-order valence-corrected chi connectivity index (χ2v) is 2.46. The minimum atomic E-state index is 0.834. The number of hydrogen-bond donors (Lipinski definition) is 0. The van der Waals surface area contributed by atoms with Gasteiger partial charge in [0.25, 0.3) is 0 Å².